The van der Waals surface area contributed by atoms with Gasteiger partial charge in [-0.3, -0.25) is 0 Å². The van der Waals surface area contributed by atoms with Gasteiger partial charge in [0, 0.05) is 11.6 Å². The first-order valence-electron chi connectivity index (χ1n) is 7.96. The third-order valence-electron chi connectivity index (χ3n) is 3.48. The molecule has 2 rings (SSSR count). The van der Waals surface area contributed by atoms with Crippen LogP contribution in [-0.4, -0.2) is 23.7 Å². The minimum absolute atomic E-state index is 0.151. The summed E-state index contributed by atoms with van der Waals surface area (Å²) in [6.07, 6.45) is -0.146. The number of carbonyl (C=O) groups excluding carboxylic acids is 1. The zero-order valence-electron chi connectivity index (χ0n) is 13.7. The standard InChI is InChI=1S/C20H22N2O2/c1-16(15-19(23)18-12-6-3-7-13-18)22-20(24)21-14-8-11-17-9-4-2-5-10-17/h2-7,9-10,12-13,16,19,23H,14-15H2,1H3,(H2,21,22,24)/t16-,19-/m1/s1. The van der Waals surface area contributed by atoms with Crippen molar-refractivity contribution in [2.45, 2.75) is 25.5 Å². The first-order valence-corrected chi connectivity index (χ1v) is 7.96. The highest BCUT2D eigenvalue weighted by atomic mass is 16.3. The molecule has 2 amide bonds. The van der Waals surface area contributed by atoms with Crippen molar-refractivity contribution in [3.63, 3.8) is 0 Å². The van der Waals surface area contributed by atoms with Crippen LogP contribution in [0.3, 0.4) is 0 Å². The molecule has 0 aliphatic heterocycles. The van der Waals surface area contributed by atoms with Crippen LogP contribution in [0.4, 0.5) is 4.79 Å². The number of rotatable bonds is 5. The first kappa shape index (κ1) is 17.6. The van der Waals surface area contributed by atoms with Gasteiger partial charge in [0.25, 0.3) is 0 Å². The van der Waals surface area contributed by atoms with Crippen LogP contribution in [0.1, 0.15) is 30.6 Å². The Balaban J connectivity index is 1.71. The third kappa shape index (κ3) is 6.15. The zero-order chi connectivity index (χ0) is 17.2. The van der Waals surface area contributed by atoms with Crippen LogP contribution < -0.4 is 10.6 Å². The lowest BCUT2D eigenvalue weighted by atomic mass is 10.0. The SMILES string of the molecule is C[C@H](C[C@@H](O)c1ccccc1)NC(=O)NCC#Cc1ccccc1. The molecule has 0 radical (unpaired) electrons. The van der Waals surface area contributed by atoms with Gasteiger partial charge in [0.05, 0.1) is 12.6 Å². The molecule has 2 atom stereocenters. The Bertz CT molecular complexity index is 690. The molecule has 0 aliphatic carbocycles. The van der Waals surface area contributed by atoms with Gasteiger partial charge in [-0.05, 0) is 31.0 Å². The van der Waals surface area contributed by atoms with Crippen LogP contribution in [0.5, 0.6) is 0 Å². The van der Waals surface area contributed by atoms with Crippen LogP contribution in [0.2, 0.25) is 0 Å². The molecule has 0 bridgehead atoms. The predicted molar refractivity (Wildman–Crippen MR) is 95.3 cm³/mol. The van der Waals surface area contributed by atoms with Crippen molar-refractivity contribution in [3.8, 4) is 11.8 Å². The maximum absolute atomic E-state index is 11.8. The summed E-state index contributed by atoms with van der Waals surface area (Å²) in [7, 11) is 0. The van der Waals surface area contributed by atoms with Crippen molar-refractivity contribution in [1.82, 2.24) is 10.6 Å². The Morgan fingerprint density at radius 2 is 1.71 bits per heavy atom. The van der Waals surface area contributed by atoms with Gasteiger partial charge in [-0.1, -0.05) is 60.4 Å². The molecule has 0 saturated heterocycles. The number of hydrogen-bond acceptors (Lipinski definition) is 2. The predicted octanol–water partition coefficient (Wildman–Crippen LogP) is 2.85. The largest absolute Gasteiger partial charge is 0.388 e. The number of amides is 2. The summed E-state index contributed by atoms with van der Waals surface area (Å²) in [5.41, 5.74) is 1.76. The molecule has 4 nitrogen and oxygen atoms in total. The molecule has 0 fully saturated rings. The maximum atomic E-state index is 11.8. The maximum Gasteiger partial charge on any atom is 0.315 e. The molecular weight excluding hydrogens is 300 g/mol. The van der Waals surface area contributed by atoms with Crippen LogP contribution in [0.25, 0.3) is 0 Å². The van der Waals surface area contributed by atoms with Crippen LogP contribution in [0.15, 0.2) is 60.7 Å². The lowest BCUT2D eigenvalue weighted by molar-refractivity contribution is 0.154. The monoisotopic (exact) mass is 322 g/mol. The quantitative estimate of drug-likeness (QED) is 0.741. The number of nitrogens with one attached hydrogen (secondary N) is 2. The Hall–Kier alpha value is -2.77. The molecule has 0 saturated carbocycles. The van der Waals surface area contributed by atoms with Crippen LogP contribution in [0, 0.1) is 11.8 Å². The first-order chi connectivity index (χ1) is 11.6. The molecule has 124 valence electrons. The molecule has 2 aromatic carbocycles. The summed E-state index contributed by atoms with van der Waals surface area (Å²) in [4.78, 5) is 11.8. The Morgan fingerprint density at radius 1 is 1.08 bits per heavy atom. The van der Waals surface area contributed by atoms with Crippen molar-refractivity contribution in [2.75, 3.05) is 6.54 Å². The van der Waals surface area contributed by atoms with Crippen molar-refractivity contribution in [1.29, 1.82) is 0 Å². The second-order valence-electron chi connectivity index (χ2n) is 5.56. The summed E-state index contributed by atoms with van der Waals surface area (Å²) in [5, 5.41) is 15.6. The Morgan fingerprint density at radius 3 is 2.38 bits per heavy atom. The van der Waals surface area contributed by atoms with Gasteiger partial charge in [-0.25, -0.2) is 4.79 Å². The summed E-state index contributed by atoms with van der Waals surface area (Å²) in [6, 6.07) is 18.6. The number of aliphatic hydroxyl groups is 1. The van der Waals surface area contributed by atoms with Gasteiger partial charge in [-0.15, -0.1) is 0 Å². The molecule has 0 spiro atoms. The van der Waals surface area contributed by atoms with E-state index < -0.39 is 6.10 Å². The topological polar surface area (TPSA) is 61.4 Å². The number of benzene rings is 2. The van der Waals surface area contributed by atoms with E-state index in [2.05, 4.69) is 22.5 Å². The highest BCUT2D eigenvalue weighted by molar-refractivity contribution is 5.74. The molecule has 0 aromatic heterocycles. The fourth-order valence-corrected chi connectivity index (χ4v) is 2.27. The summed E-state index contributed by atoms with van der Waals surface area (Å²) in [5.74, 6) is 5.88. The second kappa shape index (κ2) is 9.39. The highest BCUT2D eigenvalue weighted by Crippen LogP contribution is 2.17. The molecule has 24 heavy (non-hydrogen) atoms. The van der Waals surface area contributed by atoms with Crippen LogP contribution >= 0.6 is 0 Å². The lowest BCUT2D eigenvalue weighted by Gasteiger charge is -2.18. The zero-order valence-corrected chi connectivity index (χ0v) is 13.7. The minimum Gasteiger partial charge on any atom is -0.388 e. The summed E-state index contributed by atoms with van der Waals surface area (Å²) < 4.78 is 0. The number of aliphatic hydroxyl groups excluding tert-OH is 1. The fraction of sp³-hybridized carbons (Fsp3) is 0.250. The molecule has 3 N–H and O–H groups in total. The van der Waals surface area contributed by atoms with Crippen molar-refractivity contribution < 1.29 is 9.90 Å². The molecule has 0 aliphatic rings. The van der Waals surface area contributed by atoms with Gasteiger partial charge >= 0.3 is 6.03 Å². The van der Waals surface area contributed by atoms with Crippen molar-refractivity contribution in [3.05, 3.63) is 71.8 Å². The number of hydrogen-bond donors (Lipinski definition) is 3. The molecule has 0 heterocycles. The van der Waals surface area contributed by atoms with Gasteiger partial charge in [0.2, 0.25) is 0 Å². The van der Waals surface area contributed by atoms with Gasteiger partial charge in [-0.2, -0.15) is 0 Å². The summed E-state index contributed by atoms with van der Waals surface area (Å²) in [6.45, 7) is 2.13. The lowest BCUT2D eigenvalue weighted by Crippen LogP contribution is -2.41. The van der Waals surface area contributed by atoms with E-state index in [0.717, 1.165) is 11.1 Å². The molecule has 0 unspecified atom stereocenters. The minimum atomic E-state index is -0.598. The third-order valence-corrected chi connectivity index (χ3v) is 3.48. The van der Waals surface area contributed by atoms with Crippen molar-refractivity contribution >= 4 is 6.03 Å². The molecule has 4 heteroatoms. The van der Waals surface area contributed by atoms with E-state index in [1.165, 1.54) is 0 Å². The highest BCUT2D eigenvalue weighted by Gasteiger charge is 2.13. The van der Waals surface area contributed by atoms with E-state index in [9.17, 15) is 9.90 Å². The van der Waals surface area contributed by atoms with Gasteiger partial charge in [0.15, 0.2) is 0 Å². The average molecular weight is 322 g/mol. The van der Waals surface area contributed by atoms with E-state index in [0.29, 0.717) is 6.42 Å². The molecular formula is C20H22N2O2. The van der Waals surface area contributed by atoms with E-state index in [4.69, 9.17) is 0 Å². The van der Waals surface area contributed by atoms with E-state index >= 15 is 0 Å². The number of urea groups is 1. The second-order valence-corrected chi connectivity index (χ2v) is 5.56. The van der Waals surface area contributed by atoms with Gasteiger partial charge < -0.3 is 15.7 Å². The molecule has 2 aromatic rings. The number of carbonyl (C=O) groups is 1. The Labute approximate surface area is 142 Å². The Kier molecular flexibility index (Phi) is 6.88. The average Bonchev–Trinajstić information content (AvgIpc) is 2.60. The van der Waals surface area contributed by atoms with Gasteiger partial charge in [0.1, 0.15) is 0 Å². The normalized spacial score (nSPS) is 12.4. The summed E-state index contributed by atoms with van der Waals surface area (Å²) >= 11 is 0. The van der Waals surface area contributed by atoms with Crippen LogP contribution in [-0.2, 0) is 0 Å². The smallest absolute Gasteiger partial charge is 0.315 e. The van der Waals surface area contributed by atoms with E-state index in [1.54, 1.807) is 0 Å². The van der Waals surface area contributed by atoms with Crippen molar-refractivity contribution in [2.24, 2.45) is 0 Å². The fourth-order valence-electron chi connectivity index (χ4n) is 2.27. The van der Waals surface area contributed by atoms with E-state index in [1.807, 2.05) is 67.6 Å². The van der Waals surface area contributed by atoms with E-state index in [-0.39, 0.29) is 18.6 Å².